The summed E-state index contributed by atoms with van der Waals surface area (Å²) in [5, 5.41) is 0.664. The van der Waals surface area contributed by atoms with Crippen molar-refractivity contribution in [3.8, 4) is 11.5 Å². The quantitative estimate of drug-likeness (QED) is 0.684. The van der Waals surface area contributed by atoms with Crippen molar-refractivity contribution in [2.75, 3.05) is 20.7 Å². The summed E-state index contributed by atoms with van der Waals surface area (Å²) in [6.07, 6.45) is 0. The molecule has 0 saturated carbocycles. The van der Waals surface area contributed by atoms with Crippen molar-refractivity contribution in [3.63, 3.8) is 0 Å². The summed E-state index contributed by atoms with van der Waals surface area (Å²) in [4.78, 5) is 30.1. The fourth-order valence-corrected chi connectivity index (χ4v) is 2.38. The predicted molar refractivity (Wildman–Crippen MR) is 93.2 cm³/mol. The monoisotopic (exact) mass is 338 g/mol. The van der Waals surface area contributed by atoms with Crippen LogP contribution in [0.4, 0.5) is 0 Å². The Kier molecular flexibility index (Phi) is 4.52. The Morgan fingerprint density at radius 1 is 1.16 bits per heavy atom. The van der Waals surface area contributed by atoms with E-state index in [2.05, 4.69) is 4.98 Å². The highest BCUT2D eigenvalue weighted by atomic mass is 16.5. The molecule has 2 aromatic heterocycles. The summed E-state index contributed by atoms with van der Waals surface area (Å²) in [7, 11) is 3.21. The minimum Gasteiger partial charge on any atom is -0.460 e. The van der Waals surface area contributed by atoms with Gasteiger partial charge in [-0.25, -0.2) is 9.78 Å². The second-order valence-electron chi connectivity index (χ2n) is 5.85. The lowest BCUT2D eigenvalue weighted by Crippen LogP contribution is -2.27. The molecule has 0 N–H and O–H groups in total. The predicted octanol–water partition coefficient (Wildman–Crippen LogP) is 3.05. The highest BCUT2D eigenvalue weighted by molar-refractivity contribution is 6.05. The van der Waals surface area contributed by atoms with Gasteiger partial charge in [-0.05, 0) is 31.2 Å². The summed E-state index contributed by atoms with van der Waals surface area (Å²) in [5.74, 6) is 0.472. The Hall–Kier alpha value is -3.15. The summed E-state index contributed by atoms with van der Waals surface area (Å²) >= 11 is 0. The van der Waals surface area contributed by atoms with Gasteiger partial charge < -0.3 is 14.1 Å². The van der Waals surface area contributed by atoms with E-state index >= 15 is 0 Å². The van der Waals surface area contributed by atoms with E-state index in [9.17, 15) is 9.59 Å². The number of benzene rings is 1. The standard InChI is InChI=1S/C19H18N2O4/c1-12-8-9-17(25-12)16-10-14(13-6-4-5-7-15(13)20-16)19(23)24-11-18(22)21(2)3/h4-10H,11H2,1-3H3. The van der Waals surface area contributed by atoms with E-state index in [0.717, 1.165) is 5.76 Å². The van der Waals surface area contributed by atoms with Crippen molar-refractivity contribution in [3.05, 3.63) is 53.8 Å². The second-order valence-corrected chi connectivity index (χ2v) is 5.85. The zero-order valence-corrected chi connectivity index (χ0v) is 14.3. The molecule has 6 heteroatoms. The molecule has 0 aliphatic heterocycles. The maximum absolute atomic E-state index is 12.5. The molecule has 0 spiro atoms. The molecule has 0 unspecified atom stereocenters. The van der Waals surface area contributed by atoms with Crippen LogP contribution in [0.1, 0.15) is 16.1 Å². The number of carbonyl (C=O) groups is 2. The van der Waals surface area contributed by atoms with Crippen LogP contribution < -0.4 is 0 Å². The minimum atomic E-state index is -0.571. The van der Waals surface area contributed by atoms with Crippen LogP contribution in [0.2, 0.25) is 0 Å². The average molecular weight is 338 g/mol. The number of amides is 1. The number of hydrogen-bond acceptors (Lipinski definition) is 5. The van der Waals surface area contributed by atoms with Gasteiger partial charge >= 0.3 is 5.97 Å². The van der Waals surface area contributed by atoms with Gasteiger partial charge in [0, 0.05) is 19.5 Å². The number of fused-ring (bicyclic) bond motifs is 1. The topological polar surface area (TPSA) is 72.6 Å². The number of furan rings is 1. The maximum atomic E-state index is 12.5. The van der Waals surface area contributed by atoms with Gasteiger partial charge in [0.15, 0.2) is 12.4 Å². The normalized spacial score (nSPS) is 10.7. The molecule has 0 aliphatic carbocycles. The number of pyridine rings is 1. The molecular weight excluding hydrogens is 320 g/mol. The van der Waals surface area contributed by atoms with Crippen LogP contribution in [0, 0.1) is 6.92 Å². The number of aryl methyl sites for hydroxylation is 1. The maximum Gasteiger partial charge on any atom is 0.339 e. The van der Waals surface area contributed by atoms with E-state index in [-0.39, 0.29) is 12.5 Å². The van der Waals surface area contributed by atoms with Crippen molar-refractivity contribution < 1.29 is 18.7 Å². The highest BCUT2D eigenvalue weighted by Crippen LogP contribution is 2.26. The number of likely N-dealkylation sites (N-methyl/N-ethyl adjacent to an activating group) is 1. The van der Waals surface area contributed by atoms with Crippen LogP contribution in [0.15, 0.2) is 46.9 Å². The van der Waals surface area contributed by atoms with Gasteiger partial charge in [0.2, 0.25) is 0 Å². The first-order chi connectivity index (χ1) is 12.0. The molecule has 1 aromatic carbocycles. The first-order valence-electron chi connectivity index (χ1n) is 7.79. The van der Waals surface area contributed by atoms with Crippen molar-refractivity contribution in [2.24, 2.45) is 0 Å². The van der Waals surface area contributed by atoms with Crippen molar-refractivity contribution in [2.45, 2.75) is 6.92 Å². The van der Waals surface area contributed by atoms with Crippen LogP contribution >= 0.6 is 0 Å². The third kappa shape index (κ3) is 3.52. The number of esters is 1. The fraction of sp³-hybridized carbons (Fsp3) is 0.211. The van der Waals surface area contributed by atoms with Crippen LogP contribution in [0.5, 0.6) is 0 Å². The van der Waals surface area contributed by atoms with Gasteiger partial charge in [0.25, 0.3) is 5.91 Å². The van der Waals surface area contributed by atoms with Crippen LogP contribution in [-0.2, 0) is 9.53 Å². The van der Waals surface area contributed by atoms with E-state index in [4.69, 9.17) is 9.15 Å². The van der Waals surface area contributed by atoms with Gasteiger partial charge in [-0.2, -0.15) is 0 Å². The van der Waals surface area contributed by atoms with Gasteiger partial charge in [-0.1, -0.05) is 18.2 Å². The van der Waals surface area contributed by atoms with E-state index in [1.165, 1.54) is 4.90 Å². The molecule has 25 heavy (non-hydrogen) atoms. The molecule has 0 saturated heterocycles. The van der Waals surface area contributed by atoms with E-state index in [1.807, 2.05) is 31.2 Å². The Labute approximate surface area is 145 Å². The number of ether oxygens (including phenoxy) is 1. The van der Waals surface area contributed by atoms with E-state index in [1.54, 1.807) is 32.3 Å². The lowest BCUT2D eigenvalue weighted by molar-refractivity contribution is -0.131. The first-order valence-corrected chi connectivity index (χ1v) is 7.79. The molecule has 0 radical (unpaired) electrons. The fourth-order valence-electron chi connectivity index (χ4n) is 2.38. The number of aromatic nitrogens is 1. The highest BCUT2D eigenvalue weighted by Gasteiger charge is 2.18. The summed E-state index contributed by atoms with van der Waals surface area (Å²) in [6, 6.07) is 12.5. The van der Waals surface area contributed by atoms with Gasteiger partial charge in [0.1, 0.15) is 11.5 Å². The summed E-state index contributed by atoms with van der Waals surface area (Å²) < 4.78 is 10.8. The largest absolute Gasteiger partial charge is 0.460 e. The first kappa shape index (κ1) is 16.7. The minimum absolute atomic E-state index is 0.284. The van der Waals surface area contributed by atoms with Gasteiger partial charge in [-0.15, -0.1) is 0 Å². The Morgan fingerprint density at radius 3 is 2.60 bits per heavy atom. The molecule has 2 heterocycles. The summed E-state index contributed by atoms with van der Waals surface area (Å²) in [5.41, 5.74) is 1.54. The molecule has 1 amide bonds. The zero-order chi connectivity index (χ0) is 18.0. The van der Waals surface area contributed by atoms with E-state index in [0.29, 0.717) is 27.9 Å². The molecule has 0 bridgehead atoms. The molecular formula is C19H18N2O4. The number of hydrogen-bond donors (Lipinski definition) is 0. The zero-order valence-electron chi connectivity index (χ0n) is 14.3. The number of rotatable bonds is 4. The Bertz CT molecular complexity index is 944. The third-order valence-corrected chi connectivity index (χ3v) is 3.75. The lowest BCUT2D eigenvalue weighted by Gasteiger charge is -2.12. The molecule has 128 valence electrons. The molecule has 3 rings (SSSR count). The SMILES string of the molecule is Cc1ccc(-c2cc(C(=O)OCC(=O)N(C)C)c3ccccc3n2)o1. The smallest absolute Gasteiger partial charge is 0.339 e. The molecule has 0 atom stereocenters. The summed E-state index contributed by atoms with van der Waals surface area (Å²) in [6.45, 7) is 1.53. The molecule has 3 aromatic rings. The Morgan fingerprint density at radius 2 is 1.92 bits per heavy atom. The van der Waals surface area contributed by atoms with Crippen LogP contribution in [-0.4, -0.2) is 42.5 Å². The van der Waals surface area contributed by atoms with Crippen LogP contribution in [0.25, 0.3) is 22.4 Å². The van der Waals surface area contributed by atoms with Gasteiger partial charge in [-0.3, -0.25) is 4.79 Å². The molecule has 0 aliphatic rings. The number of para-hydroxylation sites is 1. The number of carbonyl (C=O) groups excluding carboxylic acids is 2. The van der Waals surface area contributed by atoms with Gasteiger partial charge in [0.05, 0.1) is 11.1 Å². The third-order valence-electron chi connectivity index (χ3n) is 3.75. The van der Waals surface area contributed by atoms with Crippen molar-refractivity contribution in [1.82, 2.24) is 9.88 Å². The van der Waals surface area contributed by atoms with E-state index < -0.39 is 5.97 Å². The second kappa shape index (κ2) is 6.76. The Balaban J connectivity index is 2.00. The molecule has 0 fully saturated rings. The lowest BCUT2D eigenvalue weighted by atomic mass is 10.1. The van der Waals surface area contributed by atoms with Crippen molar-refractivity contribution >= 4 is 22.8 Å². The average Bonchev–Trinajstić information content (AvgIpc) is 3.04. The molecule has 6 nitrogen and oxygen atoms in total. The van der Waals surface area contributed by atoms with Crippen LogP contribution in [0.3, 0.4) is 0 Å². The van der Waals surface area contributed by atoms with Crippen molar-refractivity contribution in [1.29, 1.82) is 0 Å². The number of nitrogens with zero attached hydrogens (tertiary/aromatic N) is 2.